The number of aliphatic hydroxyl groups is 2. The standard InChI is InChI=1S/C91H73F4N17O9/c1-108(43-55-36-61(81-88(101-55)105-83(102-81)54-37-100-109(2)41-54)59-5-3-7-70(62(59)44-113)111-24-27-119-73-34-52(47-11-12-47)31-66(94)78(73)90(111)116)56-17-19-68(97-38-56)85-104-82-76(60-6-4-8-71(63(60)45-114)112-25-28-120-74-35-53(48-13-14-48)32-67(95)79(74)91(112)117)75(40-99-87(82)107-85)121-57-18-20-69(98-39-57)84-103-80-58(21-22-96-86(80)106-84)49-15-16-50(64(92)29-49)42-110-23-26-118-72-33-51(46-9-10-46)30-65(93)77(72)89(110)115/h3-8,15-22,29-41,46-48,113-114H,9-14,23-28,42-45H2,1-2H3,(H,96,103,106)(H,99,104,107)(H,101,102,105). The average Bonchev–Trinajstić information content (AvgIpc) is 1.62. The maximum atomic E-state index is 16.3. The highest BCUT2D eigenvalue weighted by Gasteiger charge is 2.38. The Balaban J connectivity index is 0.586. The van der Waals surface area contributed by atoms with Gasteiger partial charge in [0, 0.05) is 60.9 Å². The number of nitrogens with zero attached hydrogens (tertiary/aromatic N) is 14. The van der Waals surface area contributed by atoms with Crippen molar-refractivity contribution in [3.8, 4) is 96.6 Å². The van der Waals surface area contributed by atoms with Crippen molar-refractivity contribution in [2.45, 2.75) is 82.6 Å². The topological polar surface area (TPSA) is 310 Å². The number of aryl methyl sites for hydroxylation is 1. The summed E-state index contributed by atoms with van der Waals surface area (Å²) in [6.07, 6.45) is 15.4. The second kappa shape index (κ2) is 29.7. The van der Waals surface area contributed by atoms with Crippen molar-refractivity contribution in [2.24, 2.45) is 7.05 Å². The van der Waals surface area contributed by atoms with Crippen LogP contribution in [-0.4, -0.2) is 144 Å². The molecule has 0 spiro atoms. The zero-order valence-corrected chi connectivity index (χ0v) is 65.2. The first-order chi connectivity index (χ1) is 59.0. The van der Waals surface area contributed by atoms with E-state index in [9.17, 15) is 24.6 Å². The van der Waals surface area contributed by atoms with Crippen molar-refractivity contribution in [1.29, 1.82) is 0 Å². The van der Waals surface area contributed by atoms with Crippen LogP contribution in [0.3, 0.4) is 0 Å². The Morgan fingerprint density at radius 2 is 1.11 bits per heavy atom. The zero-order valence-electron chi connectivity index (χ0n) is 65.2. The minimum atomic E-state index is -0.700. The van der Waals surface area contributed by atoms with Gasteiger partial charge in [0.05, 0.1) is 104 Å². The Morgan fingerprint density at radius 1 is 0.521 bits per heavy atom. The molecule has 5 N–H and O–H groups in total. The molecule has 0 atom stereocenters. The predicted octanol–water partition coefficient (Wildman–Crippen LogP) is 15.7. The molecule has 6 aromatic carbocycles. The summed E-state index contributed by atoms with van der Waals surface area (Å²) in [6.45, 7) is -0.501. The first-order valence-corrected chi connectivity index (χ1v) is 40.0. The molecule has 30 heteroatoms. The number of imidazole rings is 3. The number of pyridine rings is 5. The third kappa shape index (κ3) is 13.6. The predicted molar refractivity (Wildman–Crippen MR) is 440 cm³/mol. The van der Waals surface area contributed by atoms with Gasteiger partial charge < -0.3 is 63.7 Å². The minimum Gasteiger partial charge on any atom is -0.491 e. The third-order valence-corrected chi connectivity index (χ3v) is 23.4. The number of halogens is 4. The van der Waals surface area contributed by atoms with Crippen LogP contribution in [0.25, 0.3) is 101 Å². The number of fused-ring (bicyclic) bond motifs is 6. The fraction of sp³-hybridized carbons (Fsp3) is 0.231. The summed E-state index contributed by atoms with van der Waals surface area (Å²) in [6, 6.07) is 35.5. The van der Waals surface area contributed by atoms with Gasteiger partial charge in [-0.1, -0.05) is 36.4 Å². The van der Waals surface area contributed by atoms with Crippen molar-refractivity contribution in [3.63, 3.8) is 0 Å². The van der Waals surface area contributed by atoms with Crippen LogP contribution >= 0.6 is 0 Å². The second-order valence-electron chi connectivity index (χ2n) is 31.4. The van der Waals surface area contributed by atoms with Crippen LogP contribution in [0.1, 0.15) is 126 Å². The smallest absolute Gasteiger partial charge is 0.265 e. The van der Waals surface area contributed by atoms with E-state index in [0.717, 1.165) is 55.2 Å². The lowest BCUT2D eigenvalue weighted by atomic mass is 9.96. The van der Waals surface area contributed by atoms with E-state index in [1.807, 2.05) is 36.3 Å². The summed E-state index contributed by atoms with van der Waals surface area (Å²) in [5, 5.41) is 27.5. The summed E-state index contributed by atoms with van der Waals surface area (Å²) >= 11 is 0. The summed E-state index contributed by atoms with van der Waals surface area (Å²) in [4.78, 5) is 98.8. The lowest BCUT2D eigenvalue weighted by Gasteiger charge is -2.25. The molecule has 15 aromatic rings. The number of carbonyl (C=O) groups excluding carboxylic acids is 3. The van der Waals surface area contributed by atoms with E-state index in [0.29, 0.717) is 130 Å². The SMILES string of the molecule is CN(Cc1cc(-c2cccc(N3CCOc4cc(C5CC5)cc(F)c4C3=O)c2CO)c2[nH]c(-c3cnn(C)c3)nc2n1)c1ccc(-c2nc3c(-c4cccc(N5CCOc6cc(C7CC7)cc(F)c6C5=O)c4CO)c(Oc4ccc(-c5nc6c(-c7ccc(CN8CCOc9cc(C%10CC%10)cc(F)c9C8=O)c(F)c7)ccnc6[nH]5)nc4)cnc3[nH]2)nc1. The molecule has 3 aliphatic heterocycles. The number of ether oxygens (including phenoxy) is 4. The highest BCUT2D eigenvalue weighted by molar-refractivity contribution is 6.11. The maximum absolute atomic E-state index is 16.3. The Labute approximate surface area is 686 Å². The Kier molecular flexibility index (Phi) is 18.2. The van der Waals surface area contributed by atoms with Crippen LogP contribution in [0.4, 0.5) is 34.6 Å². The Morgan fingerprint density at radius 3 is 1.69 bits per heavy atom. The number of anilines is 3. The number of hydrogen-bond acceptors (Lipinski definition) is 19. The summed E-state index contributed by atoms with van der Waals surface area (Å²) in [7, 11) is 3.70. The van der Waals surface area contributed by atoms with Gasteiger partial charge in [-0.05, 0) is 181 Å². The molecule has 0 saturated heterocycles. The number of amides is 3. The number of hydrogen-bond donors (Lipinski definition) is 5. The van der Waals surface area contributed by atoms with Crippen LogP contribution < -0.4 is 33.6 Å². The van der Waals surface area contributed by atoms with Crippen LogP contribution in [0, 0.1) is 23.3 Å². The van der Waals surface area contributed by atoms with Gasteiger partial charge in [0.2, 0.25) is 0 Å². The number of rotatable bonds is 20. The van der Waals surface area contributed by atoms with Gasteiger partial charge in [0.1, 0.15) is 111 Å². The molecule has 604 valence electrons. The molecular formula is C91H73F4N17O9. The monoisotopic (exact) mass is 1620 g/mol. The van der Waals surface area contributed by atoms with E-state index in [2.05, 4.69) is 25.0 Å². The van der Waals surface area contributed by atoms with E-state index in [1.54, 1.807) is 115 Å². The third-order valence-electron chi connectivity index (χ3n) is 23.4. The van der Waals surface area contributed by atoms with Crippen molar-refractivity contribution < 1.29 is 61.1 Å². The number of aromatic nitrogens is 13. The summed E-state index contributed by atoms with van der Waals surface area (Å²) in [5.41, 5.74) is 11.6. The minimum absolute atomic E-state index is 0.0149. The van der Waals surface area contributed by atoms with Crippen LogP contribution in [-0.2, 0) is 33.4 Å². The molecule has 6 aliphatic rings. The molecule has 9 aromatic heterocycles. The van der Waals surface area contributed by atoms with E-state index >= 15 is 17.6 Å². The number of nitrogens with one attached hydrogen (secondary N) is 3. The Hall–Kier alpha value is -14.3. The van der Waals surface area contributed by atoms with Gasteiger partial charge in [0.15, 0.2) is 34.3 Å². The molecule has 3 saturated carbocycles. The molecule has 26 nitrogen and oxygen atoms in total. The van der Waals surface area contributed by atoms with Crippen molar-refractivity contribution in [1.82, 2.24) is 69.5 Å². The number of carbonyl (C=O) groups is 3. The molecule has 12 heterocycles. The largest absolute Gasteiger partial charge is 0.491 e. The summed E-state index contributed by atoms with van der Waals surface area (Å²) < 4.78 is 90.8. The molecular weight excluding hydrogens is 1550 g/mol. The van der Waals surface area contributed by atoms with Gasteiger partial charge in [0.25, 0.3) is 17.7 Å². The van der Waals surface area contributed by atoms with Crippen molar-refractivity contribution >= 4 is 68.3 Å². The molecule has 3 amide bonds. The van der Waals surface area contributed by atoms with Gasteiger partial charge in [-0.3, -0.25) is 24.0 Å². The van der Waals surface area contributed by atoms with E-state index in [4.69, 9.17) is 53.8 Å². The first-order valence-electron chi connectivity index (χ1n) is 40.0. The molecule has 0 bridgehead atoms. The second-order valence-corrected chi connectivity index (χ2v) is 31.4. The van der Waals surface area contributed by atoms with Crippen molar-refractivity contribution in [2.75, 3.05) is 61.2 Å². The van der Waals surface area contributed by atoms with Gasteiger partial charge in [-0.2, -0.15) is 5.10 Å². The van der Waals surface area contributed by atoms with E-state index < -0.39 is 54.2 Å². The molecule has 121 heavy (non-hydrogen) atoms. The molecule has 3 fully saturated rings. The van der Waals surface area contributed by atoms with Crippen LogP contribution in [0.2, 0.25) is 0 Å². The van der Waals surface area contributed by atoms with E-state index in [1.165, 1.54) is 51.4 Å². The van der Waals surface area contributed by atoms with Gasteiger partial charge in [-0.15, -0.1) is 0 Å². The molecule has 21 rings (SSSR count). The lowest BCUT2D eigenvalue weighted by molar-refractivity contribution is 0.0737. The molecule has 0 unspecified atom stereocenters. The Bertz CT molecular complexity index is 6780. The number of aliphatic hydroxyl groups excluding tert-OH is 2. The van der Waals surface area contributed by atoms with Gasteiger partial charge >= 0.3 is 0 Å². The number of benzene rings is 6. The average molecular weight is 1620 g/mol. The van der Waals surface area contributed by atoms with Gasteiger partial charge in [-0.25, -0.2) is 52.4 Å². The maximum Gasteiger partial charge on any atom is 0.265 e. The molecule has 0 radical (unpaired) electrons. The van der Waals surface area contributed by atoms with Crippen LogP contribution in [0.5, 0.6) is 28.7 Å². The fourth-order valence-corrected chi connectivity index (χ4v) is 16.8. The van der Waals surface area contributed by atoms with Crippen LogP contribution in [0.15, 0.2) is 165 Å². The highest BCUT2D eigenvalue weighted by Crippen LogP contribution is 2.49. The molecule has 3 aliphatic carbocycles. The normalized spacial score (nSPS) is 15.4. The van der Waals surface area contributed by atoms with E-state index in [-0.39, 0.29) is 127 Å². The fourth-order valence-electron chi connectivity index (χ4n) is 16.8. The highest BCUT2D eigenvalue weighted by atomic mass is 19.1. The quantitative estimate of drug-likeness (QED) is 0.0443. The number of H-pyrrole nitrogens is 3. The summed E-state index contributed by atoms with van der Waals surface area (Å²) in [5.74, 6) is -1.58. The lowest BCUT2D eigenvalue weighted by Crippen LogP contribution is -2.33. The first kappa shape index (κ1) is 74.3. The zero-order chi connectivity index (χ0) is 82.2. The van der Waals surface area contributed by atoms with Crippen molar-refractivity contribution in [3.05, 3.63) is 244 Å². The number of aromatic amines is 3.